The van der Waals surface area contributed by atoms with Crippen molar-refractivity contribution >= 4 is 24.2 Å². The number of piperidine rings is 1. The summed E-state index contributed by atoms with van der Waals surface area (Å²) in [6.45, 7) is 6.16. The molecule has 0 aromatic rings. The number of hydrogen-bond donors (Lipinski definition) is 3. The molecule has 0 aromatic heterocycles. The van der Waals surface area contributed by atoms with Crippen LogP contribution in [0.5, 0.6) is 0 Å². The van der Waals surface area contributed by atoms with E-state index in [-0.39, 0.29) is 36.8 Å². The van der Waals surface area contributed by atoms with Crippen LogP contribution in [0.2, 0.25) is 0 Å². The van der Waals surface area contributed by atoms with Gasteiger partial charge in [-0.3, -0.25) is 9.59 Å². The van der Waals surface area contributed by atoms with Crippen LogP contribution in [0.3, 0.4) is 0 Å². The SMILES string of the molecule is CC(C)CCC(=O)NCC(=O)NC1CCNCC1.Cl. The lowest BCUT2D eigenvalue weighted by molar-refractivity contribution is -0.126. The van der Waals surface area contributed by atoms with Crippen LogP contribution < -0.4 is 16.0 Å². The van der Waals surface area contributed by atoms with Gasteiger partial charge in [0.25, 0.3) is 0 Å². The lowest BCUT2D eigenvalue weighted by atomic mass is 10.1. The van der Waals surface area contributed by atoms with E-state index in [1.807, 2.05) is 0 Å². The van der Waals surface area contributed by atoms with Gasteiger partial charge in [-0.1, -0.05) is 13.8 Å². The molecule has 112 valence electrons. The van der Waals surface area contributed by atoms with Gasteiger partial charge in [0.2, 0.25) is 11.8 Å². The van der Waals surface area contributed by atoms with Crippen LogP contribution >= 0.6 is 12.4 Å². The van der Waals surface area contributed by atoms with Crippen LogP contribution in [-0.2, 0) is 9.59 Å². The van der Waals surface area contributed by atoms with Gasteiger partial charge in [-0.25, -0.2) is 0 Å². The van der Waals surface area contributed by atoms with Crippen molar-refractivity contribution in [2.75, 3.05) is 19.6 Å². The predicted molar refractivity (Wildman–Crippen MR) is 78.4 cm³/mol. The molecule has 19 heavy (non-hydrogen) atoms. The normalized spacial score (nSPS) is 15.7. The van der Waals surface area contributed by atoms with Crippen molar-refractivity contribution in [2.24, 2.45) is 5.92 Å². The Morgan fingerprint density at radius 3 is 2.42 bits per heavy atom. The molecule has 1 saturated heterocycles. The van der Waals surface area contributed by atoms with E-state index >= 15 is 0 Å². The van der Waals surface area contributed by atoms with Gasteiger partial charge in [-0.15, -0.1) is 12.4 Å². The molecule has 6 heteroatoms. The van der Waals surface area contributed by atoms with E-state index in [0.717, 1.165) is 32.4 Å². The lowest BCUT2D eigenvalue weighted by Gasteiger charge is -2.23. The second-order valence-electron chi connectivity index (χ2n) is 5.30. The summed E-state index contributed by atoms with van der Waals surface area (Å²) in [7, 11) is 0. The zero-order valence-electron chi connectivity index (χ0n) is 11.8. The first-order valence-electron chi connectivity index (χ1n) is 6.84. The largest absolute Gasteiger partial charge is 0.352 e. The summed E-state index contributed by atoms with van der Waals surface area (Å²) in [5.41, 5.74) is 0. The highest BCUT2D eigenvalue weighted by Gasteiger charge is 2.15. The van der Waals surface area contributed by atoms with Crippen molar-refractivity contribution < 1.29 is 9.59 Å². The minimum absolute atomic E-state index is 0. The van der Waals surface area contributed by atoms with Crippen molar-refractivity contribution in [1.82, 2.24) is 16.0 Å². The molecule has 0 spiro atoms. The molecule has 1 heterocycles. The molecule has 1 aliphatic rings. The lowest BCUT2D eigenvalue weighted by Crippen LogP contribution is -2.46. The van der Waals surface area contributed by atoms with Crippen LogP contribution in [0.4, 0.5) is 0 Å². The zero-order valence-corrected chi connectivity index (χ0v) is 12.6. The highest BCUT2D eigenvalue weighted by atomic mass is 35.5. The number of halogens is 1. The third-order valence-corrected chi connectivity index (χ3v) is 3.10. The first-order valence-corrected chi connectivity index (χ1v) is 6.84. The molecule has 3 N–H and O–H groups in total. The van der Waals surface area contributed by atoms with E-state index in [1.165, 1.54) is 0 Å². The molecule has 2 amide bonds. The Bertz CT molecular complexity index is 279. The molecule has 1 rings (SSSR count). The molecule has 0 unspecified atom stereocenters. The smallest absolute Gasteiger partial charge is 0.239 e. The van der Waals surface area contributed by atoms with Crippen LogP contribution in [0.1, 0.15) is 39.5 Å². The van der Waals surface area contributed by atoms with E-state index in [9.17, 15) is 9.59 Å². The summed E-state index contributed by atoms with van der Waals surface area (Å²) in [5.74, 6) is 0.392. The number of nitrogens with one attached hydrogen (secondary N) is 3. The third-order valence-electron chi connectivity index (χ3n) is 3.10. The quantitative estimate of drug-likeness (QED) is 0.679. The number of carbonyl (C=O) groups excluding carboxylic acids is 2. The Morgan fingerprint density at radius 2 is 1.84 bits per heavy atom. The van der Waals surface area contributed by atoms with Gasteiger partial charge in [0, 0.05) is 12.5 Å². The standard InChI is InChI=1S/C13H25N3O2.ClH/c1-10(2)3-4-12(17)15-9-13(18)16-11-5-7-14-8-6-11;/h10-11,14H,3-9H2,1-2H3,(H,15,17)(H,16,18);1H. The monoisotopic (exact) mass is 291 g/mol. The second-order valence-corrected chi connectivity index (χ2v) is 5.30. The van der Waals surface area contributed by atoms with Crippen LogP contribution in [0.25, 0.3) is 0 Å². The fraction of sp³-hybridized carbons (Fsp3) is 0.846. The Morgan fingerprint density at radius 1 is 1.21 bits per heavy atom. The van der Waals surface area contributed by atoms with Gasteiger partial charge in [0.05, 0.1) is 6.54 Å². The van der Waals surface area contributed by atoms with Crippen molar-refractivity contribution in [3.8, 4) is 0 Å². The van der Waals surface area contributed by atoms with Crippen molar-refractivity contribution in [3.63, 3.8) is 0 Å². The topological polar surface area (TPSA) is 70.2 Å². The van der Waals surface area contributed by atoms with E-state index < -0.39 is 0 Å². The van der Waals surface area contributed by atoms with Crippen LogP contribution in [-0.4, -0.2) is 37.5 Å². The summed E-state index contributed by atoms with van der Waals surface area (Å²) in [6, 6.07) is 0.256. The highest BCUT2D eigenvalue weighted by molar-refractivity contribution is 5.85. The minimum Gasteiger partial charge on any atom is -0.352 e. The summed E-state index contributed by atoms with van der Waals surface area (Å²) >= 11 is 0. The predicted octanol–water partition coefficient (Wildman–Crippen LogP) is 0.829. The van der Waals surface area contributed by atoms with Gasteiger partial charge in [-0.2, -0.15) is 0 Å². The Hall–Kier alpha value is -0.810. The number of rotatable bonds is 6. The maximum absolute atomic E-state index is 11.6. The minimum atomic E-state index is -0.0835. The molecule has 0 aliphatic carbocycles. The summed E-state index contributed by atoms with van der Waals surface area (Å²) < 4.78 is 0. The van der Waals surface area contributed by atoms with E-state index in [1.54, 1.807) is 0 Å². The Balaban J connectivity index is 0.00000324. The zero-order chi connectivity index (χ0) is 13.4. The average Bonchev–Trinajstić information content (AvgIpc) is 2.35. The summed E-state index contributed by atoms with van der Waals surface area (Å²) in [4.78, 5) is 23.1. The molecule has 0 saturated carbocycles. The molecular weight excluding hydrogens is 266 g/mol. The van der Waals surface area contributed by atoms with E-state index in [4.69, 9.17) is 0 Å². The summed E-state index contributed by atoms with van der Waals surface area (Å²) in [5, 5.41) is 8.85. The third kappa shape index (κ3) is 8.83. The van der Waals surface area contributed by atoms with Crippen LogP contribution in [0, 0.1) is 5.92 Å². The fourth-order valence-electron chi connectivity index (χ4n) is 1.93. The molecule has 1 aliphatic heterocycles. The highest BCUT2D eigenvalue weighted by Crippen LogP contribution is 2.03. The maximum Gasteiger partial charge on any atom is 0.239 e. The first kappa shape index (κ1) is 18.2. The second kappa shape index (κ2) is 10.0. The van der Waals surface area contributed by atoms with Gasteiger partial charge >= 0.3 is 0 Å². The molecular formula is C13H26ClN3O2. The summed E-state index contributed by atoms with van der Waals surface area (Å²) in [6.07, 6.45) is 3.29. The first-order chi connectivity index (χ1) is 8.58. The van der Waals surface area contributed by atoms with Gasteiger partial charge in [0.1, 0.15) is 0 Å². The molecule has 5 nitrogen and oxygen atoms in total. The Kier molecular flexibility index (Phi) is 9.61. The van der Waals surface area contributed by atoms with Crippen molar-refractivity contribution in [2.45, 2.75) is 45.6 Å². The fourth-order valence-corrected chi connectivity index (χ4v) is 1.93. The van der Waals surface area contributed by atoms with E-state index in [0.29, 0.717) is 12.3 Å². The van der Waals surface area contributed by atoms with Gasteiger partial charge in [0.15, 0.2) is 0 Å². The number of amides is 2. The number of hydrogen-bond acceptors (Lipinski definition) is 3. The van der Waals surface area contributed by atoms with E-state index in [2.05, 4.69) is 29.8 Å². The molecule has 0 aromatic carbocycles. The molecule has 0 bridgehead atoms. The van der Waals surface area contributed by atoms with Crippen molar-refractivity contribution in [1.29, 1.82) is 0 Å². The Labute approximate surface area is 121 Å². The van der Waals surface area contributed by atoms with Crippen molar-refractivity contribution in [3.05, 3.63) is 0 Å². The molecule has 0 atom stereocenters. The number of carbonyl (C=O) groups is 2. The average molecular weight is 292 g/mol. The molecule has 1 fully saturated rings. The molecule has 0 radical (unpaired) electrons. The maximum atomic E-state index is 11.6. The van der Waals surface area contributed by atoms with Gasteiger partial charge < -0.3 is 16.0 Å². The van der Waals surface area contributed by atoms with Crippen LogP contribution in [0.15, 0.2) is 0 Å². The van der Waals surface area contributed by atoms with Gasteiger partial charge in [-0.05, 0) is 38.3 Å².